The number of imidazole rings is 1. The molecule has 2 aromatic rings. The number of carbonyl (C=O) groups is 1. The van der Waals surface area contributed by atoms with Crippen molar-refractivity contribution in [2.24, 2.45) is 7.05 Å². The first-order valence-electron chi connectivity index (χ1n) is 7.25. The van der Waals surface area contributed by atoms with Gasteiger partial charge in [0.25, 0.3) is 0 Å². The summed E-state index contributed by atoms with van der Waals surface area (Å²) in [4.78, 5) is 16.7. The lowest BCUT2D eigenvalue weighted by Crippen LogP contribution is -2.29. The average molecular weight is 312 g/mol. The van der Waals surface area contributed by atoms with Crippen LogP contribution in [0.5, 0.6) is 0 Å². The number of likely N-dealkylation sites (N-methyl/N-ethyl adjacent to an activating group) is 1. The van der Waals surface area contributed by atoms with Gasteiger partial charge in [0.2, 0.25) is 5.91 Å². The molecule has 6 nitrogen and oxygen atoms in total. The molecule has 1 N–H and O–H groups in total. The Morgan fingerprint density at radius 2 is 2.14 bits per heavy atom. The lowest BCUT2D eigenvalue weighted by molar-refractivity contribution is -0.123. The third-order valence-corrected chi connectivity index (χ3v) is 3.82. The Kier molecular flexibility index (Phi) is 4.88. The summed E-state index contributed by atoms with van der Waals surface area (Å²) >= 11 is 5.89. The van der Waals surface area contributed by atoms with Crippen LogP contribution in [0.4, 0.5) is 0 Å². The van der Waals surface area contributed by atoms with Crippen LogP contribution in [0.1, 0.15) is 37.8 Å². The van der Waals surface area contributed by atoms with E-state index in [4.69, 9.17) is 16.6 Å². The molecule has 0 aliphatic heterocycles. The summed E-state index contributed by atoms with van der Waals surface area (Å²) in [6.07, 6.45) is 2.51. The van der Waals surface area contributed by atoms with Gasteiger partial charge in [0, 0.05) is 26.4 Å². The van der Waals surface area contributed by atoms with Gasteiger partial charge >= 0.3 is 0 Å². The van der Waals surface area contributed by atoms with Crippen LogP contribution in [0.3, 0.4) is 0 Å². The third kappa shape index (κ3) is 2.77. The molecule has 21 heavy (non-hydrogen) atoms. The summed E-state index contributed by atoms with van der Waals surface area (Å²) in [6, 6.07) is -0.344. The first-order chi connectivity index (χ1) is 10.0. The number of hydrogen-bond donors (Lipinski definition) is 1. The minimum atomic E-state index is -0.344. The minimum Gasteiger partial charge on any atom is -0.357 e. The van der Waals surface area contributed by atoms with Crippen LogP contribution in [0.2, 0.25) is 0 Å². The van der Waals surface area contributed by atoms with E-state index in [-0.39, 0.29) is 11.9 Å². The lowest BCUT2D eigenvalue weighted by Gasteiger charge is -2.16. The molecule has 0 spiro atoms. The van der Waals surface area contributed by atoms with Crippen molar-refractivity contribution in [1.29, 1.82) is 0 Å². The number of amides is 1. The molecular weight excluding hydrogens is 290 g/mol. The van der Waals surface area contributed by atoms with Crippen molar-refractivity contribution in [3.63, 3.8) is 0 Å². The van der Waals surface area contributed by atoms with Gasteiger partial charge in [0.05, 0.1) is 5.69 Å². The summed E-state index contributed by atoms with van der Waals surface area (Å²) in [5, 5.41) is 7.23. The third-order valence-electron chi connectivity index (χ3n) is 3.63. The molecule has 116 valence electrons. The second-order valence-corrected chi connectivity index (χ2v) is 5.50. The highest BCUT2D eigenvalue weighted by molar-refractivity contribution is 6.17. The fourth-order valence-corrected chi connectivity index (χ4v) is 2.82. The minimum absolute atomic E-state index is 0.0524. The van der Waals surface area contributed by atoms with Gasteiger partial charge in [-0.15, -0.1) is 11.6 Å². The van der Waals surface area contributed by atoms with E-state index in [2.05, 4.69) is 17.3 Å². The number of aryl methyl sites for hydroxylation is 3. The van der Waals surface area contributed by atoms with E-state index < -0.39 is 0 Å². The SMILES string of the molecule is CCCc1nn(C)c2c1nc(CCCl)n2C(C)C(=O)NC. The second kappa shape index (κ2) is 6.47. The molecule has 0 aliphatic carbocycles. The maximum Gasteiger partial charge on any atom is 0.242 e. The molecule has 0 fully saturated rings. The zero-order chi connectivity index (χ0) is 15.6. The van der Waals surface area contributed by atoms with E-state index in [9.17, 15) is 4.79 Å². The van der Waals surface area contributed by atoms with Crippen LogP contribution >= 0.6 is 11.6 Å². The smallest absolute Gasteiger partial charge is 0.242 e. The van der Waals surface area contributed by atoms with Crippen molar-refractivity contribution in [3.05, 3.63) is 11.5 Å². The molecule has 7 heteroatoms. The first-order valence-corrected chi connectivity index (χ1v) is 7.78. The predicted molar refractivity (Wildman–Crippen MR) is 83.7 cm³/mol. The maximum absolute atomic E-state index is 12.0. The molecular formula is C14H22ClN5O. The van der Waals surface area contributed by atoms with E-state index in [1.165, 1.54) is 0 Å². The molecule has 0 radical (unpaired) electrons. The van der Waals surface area contributed by atoms with Crippen molar-refractivity contribution in [2.45, 2.75) is 39.2 Å². The number of carbonyl (C=O) groups excluding carboxylic acids is 1. The summed E-state index contributed by atoms with van der Waals surface area (Å²) in [5.74, 6) is 1.25. The molecule has 0 aliphatic rings. The maximum atomic E-state index is 12.0. The standard InChI is InChI=1S/C14H22ClN5O/c1-5-6-10-12-14(19(4)18-10)20(9(2)13(21)16-3)11(17-12)7-8-15/h9H,5-8H2,1-4H3,(H,16,21). The van der Waals surface area contributed by atoms with Crippen molar-refractivity contribution in [3.8, 4) is 0 Å². The summed E-state index contributed by atoms with van der Waals surface area (Å²) in [5.41, 5.74) is 2.75. The molecule has 1 amide bonds. The highest BCUT2D eigenvalue weighted by Gasteiger charge is 2.24. The largest absolute Gasteiger partial charge is 0.357 e. The number of rotatable bonds is 6. The number of hydrogen-bond acceptors (Lipinski definition) is 3. The van der Waals surface area contributed by atoms with E-state index in [1.807, 2.05) is 23.2 Å². The van der Waals surface area contributed by atoms with Crippen molar-refractivity contribution in [1.82, 2.24) is 24.6 Å². The van der Waals surface area contributed by atoms with Crippen molar-refractivity contribution < 1.29 is 4.79 Å². The Labute approximate surface area is 129 Å². The second-order valence-electron chi connectivity index (χ2n) is 5.12. The van der Waals surface area contributed by atoms with E-state index in [1.54, 1.807) is 7.05 Å². The first kappa shape index (κ1) is 15.8. The van der Waals surface area contributed by atoms with Gasteiger partial charge < -0.3 is 9.88 Å². The Morgan fingerprint density at radius 3 is 2.71 bits per heavy atom. The normalized spacial score (nSPS) is 12.8. The average Bonchev–Trinajstić information content (AvgIpc) is 2.97. The van der Waals surface area contributed by atoms with Crippen LogP contribution in [0.25, 0.3) is 11.2 Å². The molecule has 2 aromatic heterocycles. The van der Waals surface area contributed by atoms with E-state index in [0.29, 0.717) is 12.3 Å². The molecule has 0 saturated carbocycles. The highest BCUT2D eigenvalue weighted by Crippen LogP contribution is 2.25. The number of halogens is 1. The molecule has 0 saturated heterocycles. The Hall–Kier alpha value is -1.56. The summed E-state index contributed by atoms with van der Waals surface area (Å²) in [7, 11) is 3.53. The monoisotopic (exact) mass is 311 g/mol. The molecule has 0 bridgehead atoms. The van der Waals surface area contributed by atoms with Gasteiger partial charge in [-0.1, -0.05) is 13.3 Å². The van der Waals surface area contributed by atoms with Crippen LogP contribution in [-0.2, 0) is 24.7 Å². The number of aromatic nitrogens is 4. The quantitative estimate of drug-likeness (QED) is 0.828. The van der Waals surface area contributed by atoms with Crippen LogP contribution in [-0.4, -0.2) is 38.2 Å². The summed E-state index contributed by atoms with van der Waals surface area (Å²) < 4.78 is 3.76. The number of fused-ring (bicyclic) bond motifs is 1. The van der Waals surface area contributed by atoms with Crippen LogP contribution < -0.4 is 5.32 Å². The Bertz CT molecular complexity index is 645. The predicted octanol–water partition coefficient (Wildman–Crippen LogP) is 1.81. The Balaban J connectivity index is 2.64. The van der Waals surface area contributed by atoms with E-state index in [0.717, 1.165) is 35.5 Å². The van der Waals surface area contributed by atoms with Crippen LogP contribution in [0, 0.1) is 0 Å². The zero-order valence-electron chi connectivity index (χ0n) is 13.0. The van der Waals surface area contributed by atoms with Gasteiger partial charge in [-0.2, -0.15) is 5.10 Å². The Morgan fingerprint density at radius 1 is 1.43 bits per heavy atom. The van der Waals surface area contributed by atoms with Gasteiger partial charge in [-0.25, -0.2) is 4.98 Å². The summed E-state index contributed by atoms with van der Waals surface area (Å²) in [6.45, 7) is 3.98. The zero-order valence-corrected chi connectivity index (χ0v) is 13.7. The topological polar surface area (TPSA) is 64.7 Å². The molecule has 0 aromatic carbocycles. The highest BCUT2D eigenvalue weighted by atomic mass is 35.5. The van der Waals surface area contributed by atoms with Crippen LogP contribution in [0.15, 0.2) is 0 Å². The molecule has 1 unspecified atom stereocenters. The van der Waals surface area contributed by atoms with E-state index >= 15 is 0 Å². The molecule has 1 atom stereocenters. The number of alkyl halides is 1. The fraction of sp³-hybridized carbons (Fsp3) is 0.643. The number of nitrogens with one attached hydrogen (secondary N) is 1. The number of nitrogens with zero attached hydrogens (tertiary/aromatic N) is 4. The van der Waals surface area contributed by atoms with Gasteiger partial charge in [0.15, 0.2) is 5.65 Å². The van der Waals surface area contributed by atoms with Crippen molar-refractivity contribution in [2.75, 3.05) is 12.9 Å². The molecule has 2 rings (SSSR count). The van der Waals surface area contributed by atoms with Gasteiger partial charge in [-0.3, -0.25) is 9.48 Å². The van der Waals surface area contributed by atoms with Crippen molar-refractivity contribution >= 4 is 28.7 Å². The fourth-order valence-electron chi connectivity index (χ4n) is 2.65. The molecule has 2 heterocycles. The van der Waals surface area contributed by atoms with Gasteiger partial charge in [0.1, 0.15) is 17.4 Å². The lowest BCUT2D eigenvalue weighted by atomic mass is 10.2. The van der Waals surface area contributed by atoms with Gasteiger partial charge in [-0.05, 0) is 13.3 Å².